The average molecular weight is 340 g/mol. The van der Waals surface area contributed by atoms with Gasteiger partial charge >= 0.3 is 0 Å². The molecule has 6 heteroatoms. The topological polar surface area (TPSA) is 35.6 Å². The summed E-state index contributed by atoms with van der Waals surface area (Å²) in [6, 6.07) is 0.491. The van der Waals surface area contributed by atoms with Gasteiger partial charge in [0, 0.05) is 44.7 Å². The van der Waals surface area contributed by atoms with Crippen molar-refractivity contribution in [1.29, 1.82) is 0 Å². The van der Waals surface area contributed by atoms with Crippen molar-refractivity contribution in [1.82, 2.24) is 15.1 Å². The van der Waals surface area contributed by atoms with Gasteiger partial charge in [0.2, 0.25) is 5.91 Å². The fraction of sp³-hybridized carbons (Fsp3) is 0.933. The van der Waals surface area contributed by atoms with Crippen LogP contribution >= 0.6 is 24.8 Å². The first-order chi connectivity index (χ1) is 9.06. The van der Waals surface area contributed by atoms with Crippen LogP contribution in [0, 0.1) is 11.8 Å². The number of piperidine rings is 1. The number of amides is 1. The van der Waals surface area contributed by atoms with Gasteiger partial charge < -0.3 is 10.2 Å². The van der Waals surface area contributed by atoms with Crippen molar-refractivity contribution >= 4 is 30.7 Å². The summed E-state index contributed by atoms with van der Waals surface area (Å²) in [4.78, 5) is 17.1. The zero-order valence-electron chi connectivity index (χ0n) is 13.5. The van der Waals surface area contributed by atoms with Crippen molar-refractivity contribution in [2.45, 2.75) is 39.7 Å². The summed E-state index contributed by atoms with van der Waals surface area (Å²) in [6.45, 7) is 12.8. The molecular formula is C15H31Cl2N3O. The number of hydrogen-bond acceptors (Lipinski definition) is 3. The van der Waals surface area contributed by atoms with Crippen molar-refractivity contribution in [3.05, 3.63) is 0 Å². The summed E-state index contributed by atoms with van der Waals surface area (Å²) in [6.07, 6.45) is 2.01. The molecule has 0 aliphatic carbocycles. The Hall–Kier alpha value is -0.0300. The lowest BCUT2D eigenvalue weighted by Gasteiger charge is -2.38. The van der Waals surface area contributed by atoms with Crippen LogP contribution in [0.3, 0.4) is 0 Å². The SMILES string of the molecule is CC(C)CN1CCN(C(=O)[C@H]2CCN[C@@H](C)C2)CC1.Cl.Cl. The highest BCUT2D eigenvalue weighted by Crippen LogP contribution is 2.19. The third-order valence-corrected chi connectivity index (χ3v) is 4.28. The maximum absolute atomic E-state index is 12.5. The summed E-state index contributed by atoms with van der Waals surface area (Å²) in [5.41, 5.74) is 0. The van der Waals surface area contributed by atoms with Crippen molar-refractivity contribution in [3.8, 4) is 0 Å². The zero-order valence-corrected chi connectivity index (χ0v) is 15.1. The second-order valence-electron chi connectivity index (χ2n) is 6.60. The molecule has 2 fully saturated rings. The molecule has 0 aromatic heterocycles. The highest BCUT2D eigenvalue weighted by Gasteiger charge is 2.30. The van der Waals surface area contributed by atoms with Gasteiger partial charge in [-0.15, -0.1) is 24.8 Å². The molecule has 1 N–H and O–H groups in total. The van der Waals surface area contributed by atoms with E-state index >= 15 is 0 Å². The molecule has 2 rings (SSSR count). The Morgan fingerprint density at radius 3 is 2.33 bits per heavy atom. The van der Waals surface area contributed by atoms with E-state index in [1.54, 1.807) is 0 Å². The summed E-state index contributed by atoms with van der Waals surface area (Å²) >= 11 is 0. The Labute approximate surface area is 141 Å². The fourth-order valence-corrected chi connectivity index (χ4v) is 3.28. The number of hydrogen-bond donors (Lipinski definition) is 1. The van der Waals surface area contributed by atoms with Gasteiger partial charge in [0.05, 0.1) is 0 Å². The molecule has 2 aliphatic heterocycles. The van der Waals surface area contributed by atoms with Gasteiger partial charge in [-0.3, -0.25) is 9.69 Å². The van der Waals surface area contributed by atoms with Gasteiger partial charge in [-0.1, -0.05) is 13.8 Å². The summed E-state index contributed by atoms with van der Waals surface area (Å²) in [5, 5.41) is 3.42. The number of rotatable bonds is 3. The van der Waals surface area contributed by atoms with Crippen LogP contribution in [0.4, 0.5) is 0 Å². The van der Waals surface area contributed by atoms with E-state index in [4.69, 9.17) is 0 Å². The molecule has 0 radical (unpaired) electrons. The van der Waals surface area contributed by atoms with Crippen LogP contribution in [-0.4, -0.2) is 61.0 Å². The minimum absolute atomic E-state index is 0. The van der Waals surface area contributed by atoms with Gasteiger partial charge in [0.25, 0.3) is 0 Å². The monoisotopic (exact) mass is 339 g/mol. The van der Waals surface area contributed by atoms with E-state index in [1.807, 2.05) is 0 Å². The van der Waals surface area contributed by atoms with Crippen LogP contribution in [0.5, 0.6) is 0 Å². The van der Waals surface area contributed by atoms with Crippen LogP contribution in [0.15, 0.2) is 0 Å². The molecule has 126 valence electrons. The van der Waals surface area contributed by atoms with Crippen molar-refractivity contribution in [2.75, 3.05) is 39.3 Å². The van der Waals surface area contributed by atoms with Crippen molar-refractivity contribution in [2.24, 2.45) is 11.8 Å². The second-order valence-corrected chi connectivity index (χ2v) is 6.60. The van der Waals surface area contributed by atoms with Gasteiger partial charge in [-0.25, -0.2) is 0 Å². The highest BCUT2D eigenvalue weighted by atomic mass is 35.5. The van der Waals surface area contributed by atoms with E-state index in [-0.39, 0.29) is 30.7 Å². The molecule has 0 bridgehead atoms. The largest absolute Gasteiger partial charge is 0.340 e. The third kappa shape index (κ3) is 6.31. The molecule has 2 aliphatic rings. The Kier molecular flexibility index (Phi) is 9.87. The van der Waals surface area contributed by atoms with E-state index in [0.29, 0.717) is 17.9 Å². The normalized spacial score (nSPS) is 27.0. The zero-order chi connectivity index (χ0) is 13.8. The van der Waals surface area contributed by atoms with Gasteiger partial charge in [0.1, 0.15) is 0 Å². The van der Waals surface area contributed by atoms with Gasteiger partial charge in [-0.05, 0) is 32.2 Å². The average Bonchev–Trinajstić information content (AvgIpc) is 2.38. The summed E-state index contributed by atoms with van der Waals surface area (Å²) < 4.78 is 0. The number of nitrogens with one attached hydrogen (secondary N) is 1. The van der Waals surface area contributed by atoms with Crippen LogP contribution in [0.1, 0.15) is 33.6 Å². The molecule has 0 spiro atoms. The maximum atomic E-state index is 12.5. The lowest BCUT2D eigenvalue weighted by Crippen LogP contribution is -2.52. The molecule has 1 amide bonds. The van der Waals surface area contributed by atoms with Crippen molar-refractivity contribution < 1.29 is 4.79 Å². The third-order valence-electron chi connectivity index (χ3n) is 4.28. The molecule has 2 atom stereocenters. The number of halogens is 2. The van der Waals surface area contributed by atoms with E-state index in [2.05, 4.69) is 35.9 Å². The Bertz CT molecular complexity index is 307. The summed E-state index contributed by atoms with van der Waals surface area (Å²) in [7, 11) is 0. The van der Waals surface area contributed by atoms with Gasteiger partial charge in [0.15, 0.2) is 0 Å². The quantitative estimate of drug-likeness (QED) is 0.854. The first-order valence-corrected chi connectivity index (χ1v) is 7.80. The Morgan fingerprint density at radius 2 is 1.81 bits per heavy atom. The molecule has 0 aromatic carbocycles. The number of carbonyl (C=O) groups is 1. The molecular weight excluding hydrogens is 309 g/mol. The second kappa shape index (κ2) is 9.88. The smallest absolute Gasteiger partial charge is 0.225 e. The molecule has 4 nitrogen and oxygen atoms in total. The van der Waals surface area contributed by atoms with Crippen LogP contribution in [-0.2, 0) is 4.79 Å². The minimum Gasteiger partial charge on any atom is -0.340 e. The van der Waals surface area contributed by atoms with Crippen LogP contribution < -0.4 is 5.32 Å². The standard InChI is InChI=1S/C15H29N3O.2ClH/c1-12(2)11-17-6-8-18(9-7-17)15(19)14-4-5-16-13(3)10-14;;/h12-14,16H,4-11H2,1-3H3;2*1H/t13-,14-;;/m0../s1. The minimum atomic E-state index is 0. The first-order valence-electron chi connectivity index (χ1n) is 7.80. The molecule has 21 heavy (non-hydrogen) atoms. The first kappa shape index (κ1) is 21.0. The molecule has 0 aromatic rings. The fourth-order valence-electron chi connectivity index (χ4n) is 3.28. The number of carbonyl (C=O) groups excluding carboxylic acids is 1. The predicted molar refractivity (Wildman–Crippen MR) is 92.5 cm³/mol. The Morgan fingerprint density at radius 1 is 1.19 bits per heavy atom. The van der Waals surface area contributed by atoms with Crippen molar-refractivity contribution in [3.63, 3.8) is 0 Å². The van der Waals surface area contributed by atoms with E-state index < -0.39 is 0 Å². The molecule has 2 saturated heterocycles. The van der Waals surface area contributed by atoms with E-state index in [0.717, 1.165) is 52.1 Å². The maximum Gasteiger partial charge on any atom is 0.225 e. The molecule has 0 saturated carbocycles. The van der Waals surface area contributed by atoms with Crippen LogP contribution in [0.25, 0.3) is 0 Å². The van der Waals surface area contributed by atoms with Crippen LogP contribution in [0.2, 0.25) is 0 Å². The molecule has 0 unspecified atom stereocenters. The number of nitrogens with zero attached hydrogens (tertiary/aromatic N) is 2. The van der Waals surface area contributed by atoms with Gasteiger partial charge in [-0.2, -0.15) is 0 Å². The number of piperazine rings is 1. The van der Waals surface area contributed by atoms with E-state index in [9.17, 15) is 4.79 Å². The summed E-state index contributed by atoms with van der Waals surface area (Å²) in [5.74, 6) is 1.37. The molecule has 2 heterocycles. The lowest BCUT2D eigenvalue weighted by molar-refractivity contribution is -0.138. The lowest BCUT2D eigenvalue weighted by atomic mass is 9.92. The predicted octanol–water partition coefficient (Wildman–Crippen LogP) is 2.02. The van der Waals surface area contributed by atoms with E-state index in [1.165, 1.54) is 0 Å². The highest BCUT2D eigenvalue weighted by molar-refractivity contribution is 5.85. The Balaban J connectivity index is 0.00000200.